The van der Waals surface area contributed by atoms with E-state index >= 15 is 0 Å². The van der Waals surface area contributed by atoms with E-state index in [1.165, 1.54) is 11.1 Å². The van der Waals surface area contributed by atoms with E-state index in [1.807, 2.05) is 6.07 Å². The molecule has 0 fully saturated rings. The molecule has 0 saturated heterocycles. The van der Waals surface area contributed by atoms with Crippen LogP contribution < -0.4 is 0 Å². The maximum Gasteiger partial charge on any atom is 0.0229 e. The van der Waals surface area contributed by atoms with Gasteiger partial charge in [-0.3, -0.25) is 0 Å². The van der Waals surface area contributed by atoms with Crippen LogP contribution in [-0.4, -0.2) is 5.88 Å². The molecule has 0 nitrogen and oxygen atoms in total. The third-order valence-corrected chi connectivity index (χ3v) is 2.54. The number of hydrogen-bond acceptors (Lipinski definition) is 0. The Bertz CT molecular complexity index is 277. The van der Waals surface area contributed by atoms with Gasteiger partial charge in [0, 0.05) is 5.88 Å². The van der Waals surface area contributed by atoms with Gasteiger partial charge in [0.05, 0.1) is 0 Å². The number of rotatable bonds is 5. The smallest absolute Gasteiger partial charge is 0.0229 e. The summed E-state index contributed by atoms with van der Waals surface area (Å²) in [7, 11) is 0. The fourth-order valence-electron chi connectivity index (χ4n) is 1.66. The van der Waals surface area contributed by atoms with Gasteiger partial charge in [0.25, 0.3) is 0 Å². The van der Waals surface area contributed by atoms with Gasteiger partial charge >= 0.3 is 0 Å². The van der Waals surface area contributed by atoms with Gasteiger partial charge in [-0.15, -0.1) is 18.2 Å². The SMILES string of the molecule is C=C(C)CC(CCCl)c1ccccc1. The van der Waals surface area contributed by atoms with Crippen LogP contribution in [0.15, 0.2) is 42.5 Å². The molecular formula is C13H17Cl. The Labute approximate surface area is 91.6 Å². The minimum Gasteiger partial charge on any atom is -0.127 e. The maximum absolute atomic E-state index is 5.80. The summed E-state index contributed by atoms with van der Waals surface area (Å²) in [6.07, 6.45) is 2.06. The zero-order chi connectivity index (χ0) is 10.4. The summed E-state index contributed by atoms with van der Waals surface area (Å²) in [6.45, 7) is 6.03. The Hall–Kier alpha value is -0.750. The van der Waals surface area contributed by atoms with Gasteiger partial charge in [-0.1, -0.05) is 35.9 Å². The van der Waals surface area contributed by atoms with E-state index in [2.05, 4.69) is 37.8 Å². The first-order chi connectivity index (χ1) is 6.74. The number of alkyl halides is 1. The average Bonchev–Trinajstić information content (AvgIpc) is 2.18. The van der Waals surface area contributed by atoms with Gasteiger partial charge in [0.2, 0.25) is 0 Å². The Morgan fingerprint density at radius 2 is 2.00 bits per heavy atom. The van der Waals surface area contributed by atoms with Crippen LogP contribution in [0.2, 0.25) is 0 Å². The Kier molecular flexibility index (Phi) is 4.75. The molecular weight excluding hydrogens is 192 g/mol. The minimum absolute atomic E-state index is 0.534. The van der Waals surface area contributed by atoms with Crippen LogP contribution in [0.1, 0.15) is 31.2 Å². The molecule has 1 aromatic carbocycles. The van der Waals surface area contributed by atoms with Crippen LogP contribution in [0.25, 0.3) is 0 Å². The molecule has 76 valence electrons. The fourth-order valence-corrected chi connectivity index (χ4v) is 1.93. The molecule has 1 rings (SSSR count). The molecule has 1 aromatic rings. The van der Waals surface area contributed by atoms with Crippen molar-refractivity contribution in [1.82, 2.24) is 0 Å². The van der Waals surface area contributed by atoms with Gasteiger partial charge in [0.15, 0.2) is 0 Å². The first-order valence-electron chi connectivity index (χ1n) is 4.99. The molecule has 0 N–H and O–H groups in total. The van der Waals surface area contributed by atoms with Gasteiger partial charge < -0.3 is 0 Å². The van der Waals surface area contributed by atoms with Crippen LogP contribution in [0.4, 0.5) is 0 Å². The highest BCUT2D eigenvalue weighted by Crippen LogP contribution is 2.26. The zero-order valence-electron chi connectivity index (χ0n) is 8.67. The fraction of sp³-hybridized carbons (Fsp3) is 0.385. The molecule has 0 bridgehead atoms. The Morgan fingerprint density at radius 1 is 1.36 bits per heavy atom. The Balaban J connectivity index is 2.72. The van der Waals surface area contributed by atoms with E-state index in [0.29, 0.717) is 11.8 Å². The van der Waals surface area contributed by atoms with Crippen molar-refractivity contribution in [1.29, 1.82) is 0 Å². The van der Waals surface area contributed by atoms with E-state index in [-0.39, 0.29) is 0 Å². The second-order valence-electron chi connectivity index (χ2n) is 3.75. The molecule has 0 radical (unpaired) electrons. The first-order valence-corrected chi connectivity index (χ1v) is 5.52. The van der Waals surface area contributed by atoms with E-state index in [0.717, 1.165) is 12.8 Å². The molecule has 1 heteroatoms. The van der Waals surface area contributed by atoms with Crippen LogP contribution in [0.5, 0.6) is 0 Å². The topological polar surface area (TPSA) is 0 Å². The van der Waals surface area contributed by atoms with Crippen molar-refractivity contribution in [2.45, 2.75) is 25.7 Å². The normalized spacial score (nSPS) is 12.4. The largest absolute Gasteiger partial charge is 0.127 e. The summed E-state index contributed by atoms with van der Waals surface area (Å²) in [5.74, 6) is 1.25. The predicted molar refractivity (Wildman–Crippen MR) is 64.0 cm³/mol. The predicted octanol–water partition coefficient (Wildman–Crippen LogP) is 4.37. The van der Waals surface area contributed by atoms with E-state index < -0.39 is 0 Å². The summed E-state index contributed by atoms with van der Waals surface area (Å²) in [4.78, 5) is 0. The van der Waals surface area contributed by atoms with Crippen molar-refractivity contribution in [2.24, 2.45) is 0 Å². The molecule has 0 aliphatic heterocycles. The summed E-state index contributed by atoms with van der Waals surface area (Å²) in [5, 5.41) is 0. The Morgan fingerprint density at radius 3 is 2.50 bits per heavy atom. The van der Waals surface area contributed by atoms with Gasteiger partial charge in [-0.25, -0.2) is 0 Å². The van der Waals surface area contributed by atoms with E-state index in [4.69, 9.17) is 11.6 Å². The van der Waals surface area contributed by atoms with Crippen molar-refractivity contribution < 1.29 is 0 Å². The lowest BCUT2D eigenvalue weighted by molar-refractivity contribution is 0.661. The van der Waals surface area contributed by atoms with Crippen LogP contribution in [0.3, 0.4) is 0 Å². The molecule has 0 saturated carbocycles. The standard InChI is InChI=1S/C13H17Cl/c1-11(2)10-13(8-9-14)12-6-4-3-5-7-12/h3-7,13H,1,8-10H2,2H3. The summed E-state index contributed by atoms with van der Waals surface area (Å²) in [6, 6.07) is 10.5. The molecule has 1 atom stereocenters. The number of hydrogen-bond donors (Lipinski definition) is 0. The van der Waals surface area contributed by atoms with Gasteiger partial charge in [0.1, 0.15) is 0 Å². The average molecular weight is 209 g/mol. The van der Waals surface area contributed by atoms with Crippen molar-refractivity contribution in [2.75, 3.05) is 5.88 Å². The van der Waals surface area contributed by atoms with Crippen LogP contribution in [-0.2, 0) is 0 Å². The molecule has 0 aromatic heterocycles. The zero-order valence-corrected chi connectivity index (χ0v) is 9.43. The summed E-state index contributed by atoms with van der Waals surface area (Å²) < 4.78 is 0. The lowest BCUT2D eigenvalue weighted by atomic mass is 9.91. The highest BCUT2D eigenvalue weighted by Gasteiger charge is 2.10. The van der Waals surface area contributed by atoms with Crippen molar-refractivity contribution in [3.8, 4) is 0 Å². The molecule has 0 aliphatic rings. The maximum atomic E-state index is 5.80. The third-order valence-electron chi connectivity index (χ3n) is 2.32. The summed E-state index contributed by atoms with van der Waals surface area (Å²) >= 11 is 5.80. The highest BCUT2D eigenvalue weighted by atomic mass is 35.5. The lowest BCUT2D eigenvalue weighted by Crippen LogP contribution is -2.00. The second kappa shape index (κ2) is 5.87. The van der Waals surface area contributed by atoms with Gasteiger partial charge in [-0.2, -0.15) is 0 Å². The molecule has 0 amide bonds. The van der Waals surface area contributed by atoms with Crippen molar-refractivity contribution >= 4 is 11.6 Å². The monoisotopic (exact) mass is 208 g/mol. The number of benzene rings is 1. The first kappa shape index (κ1) is 11.3. The lowest BCUT2D eigenvalue weighted by Gasteiger charge is -2.15. The van der Waals surface area contributed by atoms with E-state index in [1.54, 1.807) is 0 Å². The molecule has 14 heavy (non-hydrogen) atoms. The quantitative estimate of drug-likeness (QED) is 0.498. The van der Waals surface area contributed by atoms with Gasteiger partial charge in [-0.05, 0) is 31.2 Å². The second-order valence-corrected chi connectivity index (χ2v) is 4.12. The number of allylic oxidation sites excluding steroid dienone is 1. The van der Waals surface area contributed by atoms with Crippen LogP contribution >= 0.6 is 11.6 Å². The minimum atomic E-state index is 0.534. The summed E-state index contributed by atoms with van der Waals surface area (Å²) in [5.41, 5.74) is 2.60. The van der Waals surface area contributed by atoms with E-state index in [9.17, 15) is 0 Å². The highest BCUT2D eigenvalue weighted by molar-refractivity contribution is 6.17. The number of halogens is 1. The third kappa shape index (κ3) is 3.55. The van der Waals surface area contributed by atoms with Crippen molar-refractivity contribution in [3.05, 3.63) is 48.0 Å². The molecule has 0 aliphatic carbocycles. The molecule has 1 unspecified atom stereocenters. The molecule has 0 heterocycles. The molecule has 0 spiro atoms. The van der Waals surface area contributed by atoms with Crippen molar-refractivity contribution in [3.63, 3.8) is 0 Å². The van der Waals surface area contributed by atoms with Crippen LogP contribution in [0, 0.1) is 0 Å².